The summed E-state index contributed by atoms with van der Waals surface area (Å²) in [5.41, 5.74) is -1.68. The molecule has 1 aromatic heterocycles. The summed E-state index contributed by atoms with van der Waals surface area (Å²) in [6.45, 7) is 0. The molecule has 6 aromatic rings. The molecule has 0 amide bonds. The minimum atomic E-state index is -5.44. The number of halogens is 3. The van der Waals surface area contributed by atoms with Crippen LogP contribution < -0.4 is 5.32 Å². The molecule has 0 radical (unpaired) electrons. The normalized spacial score (nSPS) is 12.9. The van der Waals surface area contributed by atoms with Crippen LogP contribution in [0.2, 0.25) is 15.5 Å². The molecule has 21 nitrogen and oxygen atoms in total. The van der Waals surface area contributed by atoms with Crippen LogP contribution in [0, 0.1) is 0 Å². The Morgan fingerprint density at radius 2 is 1.21 bits per heavy atom. The highest BCUT2D eigenvalue weighted by Gasteiger charge is 2.29. The number of hydrogen-bond donors (Lipinski definition) is 7. The first-order chi connectivity index (χ1) is 26.8. The maximum absolute atomic E-state index is 12.5. The van der Waals surface area contributed by atoms with Crippen LogP contribution in [0.5, 0.6) is 11.5 Å². The van der Waals surface area contributed by atoms with E-state index in [4.69, 9.17) is 34.8 Å². The lowest BCUT2D eigenvalue weighted by Crippen LogP contribution is -2.06. The molecule has 0 saturated heterocycles. The first-order valence-electron chi connectivity index (χ1n) is 15.0. The van der Waals surface area contributed by atoms with Crippen molar-refractivity contribution in [3.63, 3.8) is 0 Å². The zero-order valence-electron chi connectivity index (χ0n) is 27.8. The van der Waals surface area contributed by atoms with Crippen LogP contribution in [-0.4, -0.2) is 72.1 Å². The van der Waals surface area contributed by atoms with Crippen molar-refractivity contribution in [2.24, 2.45) is 20.5 Å². The number of phenolic OH excluding ortho intramolecular Hbond substituents is 2. The Hall–Kier alpha value is -5.19. The Balaban J connectivity index is 1.45. The van der Waals surface area contributed by atoms with E-state index in [9.17, 15) is 62.1 Å². The predicted octanol–water partition coefficient (Wildman–Crippen LogP) is 7.72. The van der Waals surface area contributed by atoms with Crippen LogP contribution in [0.1, 0.15) is 0 Å². The van der Waals surface area contributed by atoms with Crippen molar-refractivity contribution in [3.05, 3.63) is 82.2 Å². The Bertz CT molecular complexity index is 3260. The summed E-state index contributed by atoms with van der Waals surface area (Å²) in [4.78, 5) is 2.96. The van der Waals surface area contributed by atoms with Gasteiger partial charge in [-0.1, -0.05) is 29.3 Å². The average Bonchev–Trinajstić information content (AvgIpc) is 3.11. The van der Waals surface area contributed by atoms with Crippen molar-refractivity contribution >= 4 is 131 Å². The molecule has 28 heteroatoms. The van der Waals surface area contributed by atoms with E-state index in [-0.39, 0.29) is 43.8 Å². The lowest BCUT2D eigenvalue weighted by Gasteiger charge is -2.13. The Kier molecular flexibility index (Phi) is 11.1. The number of hydrogen-bond acceptors (Lipinski definition) is 17. The van der Waals surface area contributed by atoms with Gasteiger partial charge in [-0.05, 0) is 83.0 Å². The van der Waals surface area contributed by atoms with Gasteiger partial charge >= 0.3 is 0 Å². The molecule has 0 unspecified atom stereocenters. The van der Waals surface area contributed by atoms with Crippen molar-refractivity contribution in [1.29, 1.82) is 0 Å². The van der Waals surface area contributed by atoms with Gasteiger partial charge in [-0.3, -0.25) is 18.2 Å². The number of nitrogens with one attached hydrogen (secondary N) is 1. The molecule has 1 heterocycles. The minimum absolute atomic E-state index is 0.00932. The van der Waals surface area contributed by atoms with Gasteiger partial charge in [-0.2, -0.15) is 43.8 Å². The number of nitrogens with zero attached hydrogens (tertiary/aromatic N) is 6. The molecular formula is C30H18Cl3N7O14S4. The molecule has 0 spiro atoms. The molecule has 0 aliphatic heterocycles. The second-order valence-electron chi connectivity index (χ2n) is 11.5. The first-order valence-corrected chi connectivity index (χ1v) is 21.8. The quantitative estimate of drug-likeness (QED) is 0.0299. The number of benzene rings is 5. The third-order valence-electron chi connectivity index (χ3n) is 7.71. The third-order valence-corrected chi connectivity index (χ3v) is 12.1. The van der Waals surface area contributed by atoms with Gasteiger partial charge in [-0.15, -0.1) is 15.3 Å². The highest BCUT2D eigenvalue weighted by Crippen LogP contribution is 2.46. The predicted molar refractivity (Wildman–Crippen MR) is 206 cm³/mol. The van der Waals surface area contributed by atoms with E-state index in [0.29, 0.717) is 17.8 Å². The summed E-state index contributed by atoms with van der Waals surface area (Å²) >= 11 is 17.9. The van der Waals surface area contributed by atoms with Crippen molar-refractivity contribution in [2.75, 3.05) is 5.32 Å². The minimum Gasteiger partial charge on any atom is -0.506 e. The van der Waals surface area contributed by atoms with Crippen LogP contribution in [0.25, 0.3) is 21.5 Å². The molecule has 0 aliphatic rings. The van der Waals surface area contributed by atoms with Crippen LogP contribution in [0.4, 0.5) is 34.3 Å². The van der Waals surface area contributed by atoms with E-state index in [1.165, 1.54) is 30.3 Å². The van der Waals surface area contributed by atoms with E-state index in [1.807, 2.05) is 0 Å². The summed E-state index contributed by atoms with van der Waals surface area (Å²) in [5.74, 6) is -2.07. The van der Waals surface area contributed by atoms with Gasteiger partial charge < -0.3 is 15.5 Å². The average molecular weight is 935 g/mol. The molecule has 6 rings (SSSR count). The second-order valence-corrected chi connectivity index (χ2v) is 18.1. The van der Waals surface area contributed by atoms with Crippen molar-refractivity contribution < 1.29 is 62.1 Å². The molecule has 7 N–H and O–H groups in total. The number of aromatic nitrogens is 2. The summed E-state index contributed by atoms with van der Waals surface area (Å²) in [7, 11) is -21.2. The maximum Gasteiger partial charge on any atom is 0.296 e. The first kappa shape index (κ1) is 42.4. The highest BCUT2D eigenvalue weighted by molar-refractivity contribution is 7.87. The van der Waals surface area contributed by atoms with Gasteiger partial charge in [-0.25, -0.2) is 4.98 Å². The smallest absolute Gasteiger partial charge is 0.296 e. The fourth-order valence-corrected chi connectivity index (χ4v) is 8.38. The number of aromatic hydroxyl groups is 2. The van der Waals surface area contributed by atoms with Gasteiger partial charge in [0.05, 0.1) is 10.6 Å². The number of fused-ring (bicyclic) bond motifs is 2. The molecule has 0 atom stereocenters. The van der Waals surface area contributed by atoms with E-state index in [2.05, 4.69) is 35.7 Å². The molecule has 5 aromatic carbocycles. The van der Waals surface area contributed by atoms with Crippen LogP contribution in [-0.2, 0) is 40.5 Å². The summed E-state index contributed by atoms with van der Waals surface area (Å²) < 4.78 is 137. The standard InChI is InChI=1S/C30H18Cl3N7O14S4/c31-24-28(32)35-30(33)36-29(24)34-14-2-4-15(5-3-14)37-38-18-8-12-1-6-19(41)25(17(12)11-20(18)56(46,47)48)39-40-26-22(58(52,53)54)9-13-7-16(55(43,44)45)10-21(57(49,50)51)23(13)27(26)42/h1-11,41-42H,(H,34,35,36)(H,43,44,45)(H,46,47,48)(H,49,50,51)(H,52,53,54). The monoisotopic (exact) mass is 933 g/mol. The van der Waals surface area contributed by atoms with Crippen molar-refractivity contribution in [2.45, 2.75) is 19.6 Å². The topological polar surface area (TPSA) is 345 Å². The van der Waals surface area contributed by atoms with Gasteiger partial charge in [0.2, 0.25) is 5.28 Å². The van der Waals surface area contributed by atoms with Crippen LogP contribution in [0.15, 0.2) is 107 Å². The zero-order valence-corrected chi connectivity index (χ0v) is 33.3. The SMILES string of the molecule is O=S(=O)(O)c1cc(S(=O)(=O)O)c2c(O)c(N=Nc3c(O)ccc4cc(N=Nc5ccc(Nc6nc(Cl)nc(Cl)c6Cl)cc5)c(S(=O)(=O)O)cc34)c(S(=O)(=O)O)cc2c1. The van der Waals surface area contributed by atoms with E-state index in [0.717, 1.165) is 18.2 Å². The number of rotatable bonds is 10. The molecular weight excluding hydrogens is 917 g/mol. The highest BCUT2D eigenvalue weighted by atomic mass is 35.5. The number of anilines is 2. The maximum atomic E-state index is 12.5. The fourth-order valence-electron chi connectivity index (χ4n) is 5.21. The van der Waals surface area contributed by atoms with Crippen molar-refractivity contribution in [3.8, 4) is 11.5 Å². The van der Waals surface area contributed by atoms with Crippen LogP contribution >= 0.6 is 34.8 Å². The number of azo groups is 2. The van der Waals surface area contributed by atoms with E-state index < -0.39 is 99.4 Å². The van der Waals surface area contributed by atoms with Crippen molar-refractivity contribution in [1.82, 2.24) is 9.97 Å². The molecule has 0 saturated carbocycles. The summed E-state index contributed by atoms with van der Waals surface area (Å²) in [6, 6.07) is 11.3. The lowest BCUT2D eigenvalue weighted by molar-refractivity contribution is 0.469. The fraction of sp³-hybridized carbons (Fsp3) is 0. The molecule has 58 heavy (non-hydrogen) atoms. The molecule has 0 fully saturated rings. The molecule has 302 valence electrons. The summed E-state index contributed by atoms with van der Waals surface area (Å²) in [6.07, 6.45) is 0. The van der Waals surface area contributed by atoms with Crippen LogP contribution in [0.3, 0.4) is 0 Å². The Labute approximate surface area is 340 Å². The zero-order chi connectivity index (χ0) is 42.7. The summed E-state index contributed by atoms with van der Waals surface area (Å²) in [5, 5.41) is 37.7. The van der Waals surface area contributed by atoms with Gasteiger partial charge in [0.15, 0.2) is 16.7 Å². The molecule has 0 bridgehead atoms. The Morgan fingerprint density at radius 1 is 0.586 bits per heavy atom. The van der Waals surface area contributed by atoms with E-state index in [1.54, 1.807) is 0 Å². The van der Waals surface area contributed by atoms with Gasteiger partial charge in [0.25, 0.3) is 40.5 Å². The third kappa shape index (κ3) is 8.78. The largest absolute Gasteiger partial charge is 0.506 e. The second kappa shape index (κ2) is 15.2. The molecule has 0 aliphatic carbocycles. The lowest BCUT2D eigenvalue weighted by atomic mass is 10.1. The van der Waals surface area contributed by atoms with E-state index >= 15 is 0 Å². The van der Waals surface area contributed by atoms with Gasteiger partial charge in [0.1, 0.15) is 42.5 Å². The Morgan fingerprint density at radius 3 is 1.81 bits per heavy atom. The number of phenols is 2. The van der Waals surface area contributed by atoms with Gasteiger partial charge in [0, 0.05) is 16.5 Å².